The minimum atomic E-state index is -4.70. The molecule has 0 fully saturated rings. The molecule has 1 amide bonds. The van der Waals surface area contributed by atoms with Crippen LogP contribution in [0.15, 0.2) is 24.3 Å². The highest BCUT2D eigenvalue weighted by molar-refractivity contribution is 5.96. The van der Waals surface area contributed by atoms with Crippen LogP contribution in [0, 0.1) is 6.92 Å². The van der Waals surface area contributed by atoms with Crippen LogP contribution in [0.5, 0.6) is 5.75 Å². The topological polar surface area (TPSA) is 56.1 Å². The molecule has 1 heterocycles. The van der Waals surface area contributed by atoms with Gasteiger partial charge in [-0.15, -0.1) is 0 Å². The van der Waals surface area contributed by atoms with E-state index >= 15 is 0 Å². The van der Waals surface area contributed by atoms with Gasteiger partial charge in [0.15, 0.2) is 5.69 Å². The van der Waals surface area contributed by atoms with Crippen LogP contribution in [0.4, 0.5) is 13.2 Å². The maximum atomic E-state index is 13.2. The monoisotopic (exact) mass is 355 g/mol. The van der Waals surface area contributed by atoms with Crippen LogP contribution in [0.2, 0.25) is 0 Å². The van der Waals surface area contributed by atoms with E-state index in [0.29, 0.717) is 5.75 Å². The molecular formula is C17H20F3N3O2. The predicted molar refractivity (Wildman–Crippen MR) is 86.5 cm³/mol. The van der Waals surface area contributed by atoms with E-state index in [0.717, 1.165) is 5.56 Å². The Hall–Kier alpha value is -2.51. The number of aromatic nitrogens is 2. The molecule has 2 rings (SSSR count). The Morgan fingerprint density at radius 1 is 1.28 bits per heavy atom. The van der Waals surface area contributed by atoms with Crippen molar-refractivity contribution in [1.29, 1.82) is 0 Å². The first-order valence-corrected chi connectivity index (χ1v) is 7.72. The maximum Gasteiger partial charge on any atom is 0.435 e. The second-order valence-corrected chi connectivity index (χ2v) is 5.88. The van der Waals surface area contributed by atoms with E-state index in [1.165, 1.54) is 18.7 Å². The Kier molecular flexibility index (Phi) is 5.39. The van der Waals surface area contributed by atoms with Gasteiger partial charge in [-0.2, -0.15) is 18.3 Å². The van der Waals surface area contributed by atoms with Crippen LogP contribution in [0.1, 0.15) is 47.2 Å². The second kappa shape index (κ2) is 7.16. The lowest BCUT2D eigenvalue weighted by Crippen LogP contribution is -2.26. The first-order valence-electron chi connectivity index (χ1n) is 7.72. The van der Waals surface area contributed by atoms with E-state index < -0.39 is 23.3 Å². The molecule has 0 aliphatic carbocycles. The molecule has 5 nitrogen and oxygen atoms in total. The van der Waals surface area contributed by atoms with Crippen molar-refractivity contribution in [3.05, 3.63) is 46.8 Å². The lowest BCUT2D eigenvalue weighted by molar-refractivity contribution is -0.141. The largest absolute Gasteiger partial charge is 0.497 e. The SMILES string of the molecule is COc1ccc(CNC(=O)c2c(C(F)(F)F)nn(C(C)C)c2C)cc1. The summed E-state index contributed by atoms with van der Waals surface area (Å²) in [6.45, 7) is 4.98. The number of alkyl halides is 3. The summed E-state index contributed by atoms with van der Waals surface area (Å²) in [5.41, 5.74) is -0.660. The van der Waals surface area contributed by atoms with Gasteiger partial charge in [-0.1, -0.05) is 12.1 Å². The van der Waals surface area contributed by atoms with Crippen LogP contribution < -0.4 is 10.1 Å². The van der Waals surface area contributed by atoms with Gasteiger partial charge in [0, 0.05) is 18.3 Å². The standard InChI is InChI=1S/C17H20F3N3O2/c1-10(2)23-11(3)14(15(22-23)17(18,19)20)16(24)21-9-12-5-7-13(25-4)8-6-12/h5-8,10H,9H2,1-4H3,(H,21,24). The molecule has 0 saturated heterocycles. The molecule has 0 radical (unpaired) electrons. The Bertz CT molecular complexity index is 750. The molecule has 25 heavy (non-hydrogen) atoms. The van der Waals surface area contributed by atoms with Crippen molar-refractivity contribution in [2.24, 2.45) is 0 Å². The molecule has 0 unspecified atom stereocenters. The summed E-state index contributed by atoms with van der Waals surface area (Å²) in [7, 11) is 1.53. The average Bonchev–Trinajstić information content (AvgIpc) is 2.91. The number of halogens is 3. The molecule has 1 aromatic carbocycles. The smallest absolute Gasteiger partial charge is 0.435 e. The highest BCUT2D eigenvalue weighted by Crippen LogP contribution is 2.33. The highest BCUT2D eigenvalue weighted by atomic mass is 19.4. The zero-order valence-electron chi connectivity index (χ0n) is 14.4. The first-order chi connectivity index (χ1) is 11.6. The van der Waals surface area contributed by atoms with Gasteiger partial charge in [0.2, 0.25) is 0 Å². The molecule has 0 spiro atoms. The Labute approximate surface area is 143 Å². The minimum Gasteiger partial charge on any atom is -0.497 e. The molecule has 1 N–H and O–H groups in total. The van der Waals surface area contributed by atoms with Crippen LogP contribution in [-0.2, 0) is 12.7 Å². The summed E-state index contributed by atoms with van der Waals surface area (Å²) in [5, 5.41) is 6.12. The zero-order valence-corrected chi connectivity index (χ0v) is 14.4. The van der Waals surface area contributed by atoms with Crippen molar-refractivity contribution in [2.45, 2.75) is 39.5 Å². The van der Waals surface area contributed by atoms with Gasteiger partial charge in [-0.25, -0.2) is 0 Å². The van der Waals surface area contributed by atoms with E-state index in [2.05, 4.69) is 10.4 Å². The number of ether oxygens (including phenoxy) is 1. The predicted octanol–water partition coefficient (Wildman–Crippen LogP) is 3.73. The number of nitrogens with one attached hydrogen (secondary N) is 1. The Balaban J connectivity index is 2.25. The summed E-state index contributed by atoms with van der Waals surface area (Å²) in [6.07, 6.45) is -4.70. The molecule has 0 aliphatic heterocycles. The number of carbonyl (C=O) groups is 1. The summed E-state index contributed by atoms with van der Waals surface area (Å²) >= 11 is 0. The summed E-state index contributed by atoms with van der Waals surface area (Å²) in [4.78, 5) is 12.4. The number of nitrogens with zero attached hydrogens (tertiary/aromatic N) is 2. The lowest BCUT2D eigenvalue weighted by atomic mass is 10.1. The van der Waals surface area contributed by atoms with Gasteiger partial charge in [0.05, 0.1) is 12.7 Å². The number of rotatable bonds is 5. The normalized spacial score (nSPS) is 11.7. The third-order valence-corrected chi connectivity index (χ3v) is 3.75. The van der Waals surface area contributed by atoms with Crippen molar-refractivity contribution >= 4 is 5.91 Å². The van der Waals surface area contributed by atoms with E-state index in [1.54, 1.807) is 38.1 Å². The molecule has 0 atom stereocenters. The molecule has 0 aliphatic rings. The fraction of sp³-hybridized carbons (Fsp3) is 0.412. The average molecular weight is 355 g/mol. The quantitative estimate of drug-likeness (QED) is 0.889. The summed E-state index contributed by atoms with van der Waals surface area (Å²) in [6, 6.07) is 6.60. The number of carbonyl (C=O) groups excluding carboxylic acids is 1. The number of hydrogen-bond acceptors (Lipinski definition) is 3. The second-order valence-electron chi connectivity index (χ2n) is 5.88. The Morgan fingerprint density at radius 3 is 2.36 bits per heavy atom. The number of amides is 1. The molecule has 0 saturated carbocycles. The molecule has 1 aromatic heterocycles. The van der Waals surface area contributed by atoms with Crippen molar-refractivity contribution in [3.63, 3.8) is 0 Å². The molecular weight excluding hydrogens is 335 g/mol. The highest BCUT2D eigenvalue weighted by Gasteiger charge is 2.40. The van der Waals surface area contributed by atoms with E-state index in [9.17, 15) is 18.0 Å². The van der Waals surface area contributed by atoms with Crippen LogP contribution in [0.25, 0.3) is 0 Å². The van der Waals surface area contributed by atoms with Gasteiger partial charge < -0.3 is 10.1 Å². The lowest BCUT2D eigenvalue weighted by Gasteiger charge is -2.10. The maximum absolute atomic E-state index is 13.2. The van der Waals surface area contributed by atoms with E-state index in [4.69, 9.17) is 4.74 Å². The number of methoxy groups -OCH3 is 1. The van der Waals surface area contributed by atoms with Gasteiger partial charge in [0.1, 0.15) is 5.75 Å². The fourth-order valence-corrected chi connectivity index (χ4v) is 2.51. The fourth-order valence-electron chi connectivity index (χ4n) is 2.51. The van der Waals surface area contributed by atoms with Gasteiger partial charge in [-0.05, 0) is 38.5 Å². The minimum absolute atomic E-state index is 0.104. The van der Waals surface area contributed by atoms with Crippen molar-refractivity contribution < 1.29 is 22.7 Å². The van der Waals surface area contributed by atoms with Gasteiger partial charge in [0.25, 0.3) is 5.91 Å². The van der Waals surface area contributed by atoms with Crippen molar-refractivity contribution in [2.75, 3.05) is 7.11 Å². The van der Waals surface area contributed by atoms with E-state index in [1.807, 2.05) is 0 Å². The first kappa shape index (κ1) is 18.8. The van der Waals surface area contributed by atoms with Crippen LogP contribution in [-0.4, -0.2) is 22.8 Å². The van der Waals surface area contributed by atoms with Crippen LogP contribution in [0.3, 0.4) is 0 Å². The summed E-state index contributed by atoms with van der Waals surface area (Å²) in [5.74, 6) is -0.143. The third-order valence-electron chi connectivity index (χ3n) is 3.75. The van der Waals surface area contributed by atoms with Crippen molar-refractivity contribution in [3.8, 4) is 5.75 Å². The molecule has 0 bridgehead atoms. The molecule has 136 valence electrons. The van der Waals surface area contributed by atoms with Crippen LogP contribution >= 0.6 is 0 Å². The third kappa shape index (κ3) is 4.12. The van der Waals surface area contributed by atoms with Crippen molar-refractivity contribution in [1.82, 2.24) is 15.1 Å². The Morgan fingerprint density at radius 2 is 1.88 bits per heavy atom. The number of hydrogen-bond donors (Lipinski definition) is 1. The van der Waals surface area contributed by atoms with Gasteiger partial charge in [-0.3, -0.25) is 9.48 Å². The molecule has 8 heteroatoms. The zero-order chi connectivity index (χ0) is 18.8. The van der Waals surface area contributed by atoms with Gasteiger partial charge >= 0.3 is 6.18 Å². The number of benzene rings is 1. The molecule has 2 aromatic rings. The summed E-state index contributed by atoms with van der Waals surface area (Å²) < 4.78 is 46.0. The van der Waals surface area contributed by atoms with E-state index in [-0.39, 0.29) is 18.3 Å².